The van der Waals surface area contributed by atoms with Crippen LogP contribution >= 0.6 is 0 Å². The summed E-state index contributed by atoms with van der Waals surface area (Å²) in [6.07, 6.45) is 8.40. The van der Waals surface area contributed by atoms with E-state index < -0.39 is 0 Å². The second-order valence-electron chi connectivity index (χ2n) is 6.47. The number of aromatic nitrogens is 2. The summed E-state index contributed by atoms with van der Waals surface area (Å²) >= 11 is 0. The molecule has 1 aliphatic heterocycles. The zero-order chi connectivity index (χ0) is 14.8. The Morgan fingerprint density at radius 2 is 2.29 bits per heavy atom. The molecule has 2 aliphatic rings. The first-order valence-corrected chi connectivity index (χ1v) is 8.12. The van der Waals surface area contributed by atoms with E-state index >= 15 is 0 Å². The maximum absolute atomic E-state index is 12.1. The fraction of sp³-hybridized carbons (Fsp3) is 0.750. The van der Waals surface area contributed by atoms with Crippen molar-refractivity contribution in [3.63, 3.8) is 0 Å². The largest absolute Gasteiger partial charge is 0.375 e. The van der Waals surface area contributed by atoms with E-state index in [1.807, 2.05) is 10.7 Å². The van der Waals surface area contributed by atoms with Gasteiger partial charge in [0.2, 0.25) is 5.91 Å². The van der Waals surface area contributed by atoms with Gasteiger partial charge in [-0.05, 0) is 51.9 Å². The highest BCUT2D eigenvalue weighted by molar-refractivity contribution is 5.89. The molecule has 0 aromatic carbocycles. The molecule has 1 saturated heterocycles. The topological polar surface area (TPSA) is 56.2 Å². The van der Waals surface area contributed by atoms with Crippen LogP contribution in [0.2, 0.25) is 0 Å². The number of amides is 1. The van der Waals surface area contributed by atoms with Crippen LogP contribution in [-0.2, 0) is 9.53 Å². The molecule has 1 saturated carbocycles. The average molecular weight is 291 g/mol. The quantitative estimate of drug-likeness (QED) is 0.876. The average Bonchev–Trinajstić information content (AvgIpc) is 3.08. The summed E-state index contributed by atoms with van der Waals surface area (Å²) in [6, 6.07) is 2.25. The first-order chi connectivity index (χ1) is 10.1. The molecule has 3 atom stereocenters. The van der Waals surface area contributed by atoms with Gasteiger partial charge >= 0.3 is 0 Å². The molecule has 0 radical (unpaired) electrons. The zero-order valence-corrected chi connectivity index (χ0v) is 12.9. The second-order valence-corrected chi connectivity index (χ2v) is 6.47. The molecule has 5 nitrogen and oxygen atoms in total. The van der Waals surface area contributed by atoms with Gasteiger partial charge in [0.1, 0.15) is 5.82 Å². The summed E-state index contributed by atoms with van der Waals surface area (Å²) in [5.74, 6) is 1.59. The van der Waals surface area contributed by atoms with Gasteiger partial charge < -0.3 is 10.1 Å². The molecular formula is C16H25N3O2. The Morgan fingerprint density at radius 1 is 1.48 bits per heavy atom. The van der Waals surface area contributed by atoms with Crippen LogP contribution in [0.25, 0.3) is 0 Å². The molecule has 116 valence electrons. The third-order valence-electron chi connectivity index (χ3n) is 4.64. The van der Waals surface area contributed by atoms with E-state index in [9.17, 15) is 4.79 Å². The van der Waals surface area contributed by atoms with Crippen molar-refractivity contribution in [1.29, 1.82) is 0 Å². The second kappa shape index (κ2) is 6.18. The highest BCUT2D eigenvalue weighted by atomic mass is 16.5. The molecule has 1 aromatic heterocycles. The third-order valence-corrected chi connectivity index (χ3v) is 4.64. The van der Waals surface area contributed by atoms with Gasteiger partial charge in [-0.25, -0.2) is 4.68 Å². The molecule has 2 heterocycles. The van der Waals surface area contributed by atoms with E-state index in [0.29, 0.717) is 24.5 Å². The summed E-state index contributed by atoms with van der Waals surface area (Å²) in [5, 5.41) is 7.35. The standard InChI is InChI=1S/C16H25N3O2/c1-11-3-6-14(21-11)7-8-16(20)18-15-9-10-17-19(15)12(2)13-4-5-13/h9-14H,3-8H2,1-2H3,(H,18,20). The molecular weight excluding hydrogens is 266 g/mol. The molecule has 3 rings (SSSR count). The molecule has 21 heavy (non-hydrogen) atoms. The molecule has 0 spiro atoms. The van der Waals surface area contributed by atoms with E-state index in [4.69, 9.17) is 4.74 Å². The summed E-state index contributed by atoms with van der Waals surface area (Å²) in [4.78, 5) is 12.1. The lowest BCUT2D eigenvalue weighted by Crippen LogP contribution is -2.19. The minimum Gasteiger partial charge on any atom is -0.375 e. The number of hydrogen-bond acceptors (Lipinski definition) is 3. The Bertz CT molecular complexity index is 495. The van der Waals surface area contributed by atoms with Crippen molar-refractivity contribution in [3.8, 4) is 0 Å². The van der Waals surface area contributed by atoms with Gasteiger partial charge in [0.15, 0.2) is 0 Å². The van der Waals surface area contributed by atoms with Gasteiger partial charge in [-0.2, -0.15) is 5.10 Å². The van der Waals surface area contributed by atoms with Crippen LogP contribution in [0, 0.1) is 5.92 Å². The molecule has 1 aliphatic carbocycles. The van der Waals surface area contributed by atoms with Gasteiger partial charge in [0, 0.05) is 12.5 Å². The van der Waals surface area contributed by atoms with Crippen molar-refractivity contribution >= 4 is 11.7 Å². The Labute approximate surface area is 126 Å². The summed E-state index contributed by atoms with van der Waals surface area (Å²) in [5.41, 5.74) is 0. The number of anilines is 1. The van der Waals surface area contributed by atoms with Gasteiger partial charge in [-0.1, -0.05) is 0 Å². The van der Waals surface area contributed by atoms with Crippen molar-refractivity contribution < 1.29 is 9.53 Å². The minimum atomic E-state index is 0.0582. The molecule has 2 fully saturated rings. The summed E-state index contributed by atoms with van der Waals surface area (Å²) in [6.45, 7) is 4.27. The first kappa shape index (κ1) is 14.6. The van der Waals surface area contributed by atoms with Crippen LogP contribution in [0.4, 0.5) is 5.82 Å². The van der Waals surface area contributed by atoms with Crippen molar-refractivity contribution in [2.45, 2.75) is 70.6 Å². The van der Waals surface area contributed by atoms with Gasteiger partial charge in [-0.3, -0.25) is 4.79 Å². The Kier molecular flexibility index (Phi) is 4.29. The number of hydrogen-bond donors (Lipinski definition) is 1. The van der Waals surface area contributed by atoms with Crippen LogP contribution in [0.3, 0.4) is 0 Å². The van der Waals surface area contributed by atoms with Crippen LogP contribution in [0.5, 0.6) is 0 Å². The SMILES string of the molecule is CC1CCC(CCC(=O)Nc2ccnn2C(C)C2CC2)O1. The smallest absolute Gasteiger partial charge is 0.225 e. The predicted octanol–water partition coefficient (Wildman–Crippen LogP) is 3.14. The van der Waals surface area contributed by atoms with Crippen LogP contribution in [0.1, 0.15) is 58.4 Å². The number of rotatable bonds is 6. The first-order valence-electron chi connectivity index (χ1n) is 8.12. The van der Waals surface area contributed by atoms with Crippen molar-refractivity contribution in [2.24, 2.45) is 5.92 Å². The van der Waals surface area contributed by atoms with Crippen molar-refractivity contribution in [2.75, 3.05) is 5.32 Å². The van der Waals surface area contributed by atoms with E-state index in [1.165, 1.54) is 12.8 Å². The maximum Gasteiger partial charge on any atom is 0.225 e. The Morgan fingerprint density at radius 3 is 2.95 bits per heavy atom. The van der Waals surface area contributed by atoms with Gasteiger partial charge in [0.25, 0.3) is 0 Å². The summed E-state index contributed by atoms with van der Waals surface area (Å²) in [7, 11) is 0. The van der Waals surface area contributed by atoms with Crippen LogP contribution < -0.4 is 5.32 Å². The number of nitrogens with zero attached hydrogens (tertiary/aromatic N) is 2. The number of ether oxygens (including phenoxy) is 1. The van der Waals surface area contributed by atoms with Gasteiger partial charge in [0.05, 0.1) is 24.4 Å². The lowest BCUT2D eigenvalue weighted by molar-refractivity contribution is -0.117. The number of carbonyl (C=O) groups is 1. The minimum absolute atomic E-state index is 0.0582. The van der Waals surface area contributed by atoms with E-state index in [-0.39, 0.29) is 12.0 Å². The molecule has 5 heteroatoms. The Balaban J connectivity index is 1.49. The van der Waals surface area contributed by atoms with Crippen molar-refractivity contribution in [1.82, 2.24) is 9.78 Å². The predicted molar refractivity (Wildman–Crippen MR) is 81.1 cm³/mol. The normalized spacial score (nSPS) is 26.8. The number of nitrogens with one attached hydrogen (secondary N) is 1. The van der Waals surface area contributed by atoms with Crippen LogP contribution in [0.15, 0.2) is 12.3 Å². The van der Waals surface area contributed by atoms with Crippen molar-refractivity contribution in [3.05, 3.63) is 12.3 Å². The molecule has 1 aromatic rings. The van der Waals surface area contributed by atoms with Gasteiger partial charge in [-0.15, -0.1) is 0 Å². The molecule has 1 N–H and O–H groups in total. The fourth-order valence-electron chi connectivity index (χ4n) is 3.11. The lowest BCUT2D eigenvalue weighted by Gasteiger charge is -2.16. The zero-order valence-electron chi connectivity index (χ0n) is 12.9. The molecule has 3 unspecified atom stereocenters. The highest BCUT2D eigenvalue weighted by Crippen LogP contribution is 2.40. The van der Waals surface area contributed by atoms with Crippen LogP contribution in [-0.4, -0.2) is 27.9 Å². The molecule has 1 amide bonds. The lowest BCUT2D eigenvalue weighted by atomic mass is 10.1. The Hall–Kier alpha value is -1.36. The third kappa shape index (κ3) is 3.64. The summed E-state index contributed by atoms with van der Waals surface area (Å²) < 4.78 is 7.70. The highest BCUT2D eigenvalue weighted by Gasteiger charge is 2.30. The number of carbonyl (C=O) groups excluding carboxylic acids is 1. The van der Waals surface area contributed by atoms with E-state index in [2.05, 4.69) is 24.3 Å². The molecule has 0 bridgehead atoms. The van der Waals surface area contributed by atoms with E-state index in [1.54, 1.807) is 6.20 Å². The van der Waals surface area contributed by atoms with E-state index in [0.717, 1.165) is 25.1 Å². The fourth-order valence-corrected chi connectivity index (χ4v) is 3.11. The monoisotopic (exact) mass is 291 g/mol. The maximum atomic E-state index is 12.1.